The summed E-state index contributed by atoms with van der Waals surface area (Å²) in [6, 6.07) is 3.64. The van der Waals surface area contributed by atoms with Crippen molar-refractivity contribution in [2.45, 2.75) is 37.8 Å². The van der Waals surface area contributed by atoms with Gasteiger partial charge in [-0.3, -0.25) is 9.59 Å². The molecule has 1 fully saturated rings. The van der Waals surface area contributed by atoms with Crippen LogP contribution in [-0.2, 0) is 17.3 Å². The number of nitrogens with one attached hydrogen (secondary N) is 1. The van der Waals surface area contributed by atoms with Crippen LogP contribution < -0.4 is 16.4 Å². The Labute approximate surface area is 189 Å². The Morgan fingerprint density at radius 1 is 1.15 bits per heavy atom. The van der Waals surface area contributed by atoms with Crippen molar-refractivity contribution in [1.82, 2.24) is 14.3 Å². The maximum atomic E-state index is 14.7. The first-order valence-electron chi connectivity index (χ1n) is 10.4. The molecule has 0 bridgehead atoms. The Bertz CT molecular complexity index is 1350. The lowest BCUT2D eigenvalue weighted by atomic mass is 9.98. The molecule has 3 aromatic rings. The summed E-state index contributed by atoms with van der Waals surface area (Å²) >= 11 is 0. The smallest absolute Gasteiger partial charge is 0.274 e. The highest BCUT2D eigenvalue weighted by molar-refractivity contribution is 5.90. The Kier molecular flexibility index (Phi) is 6.19. The second kappa shape index (κ2) is 8.82. The molecule has 0 spiro atoms. The molecule has 0 radical (unpaired) electrons. The summed E-state index contributed by atoms with van der Waals surface area (Å²) in [5, 5.41) is 6.94. The van der Waals surface area contributed by atoms with Gasteiger partial charge < -0.3 is 14.6 Å². The molecule has 34 heavy (non-hydrogen) atoms. The molecule has 1 aliphatic rings. The van der Waals surface area contributed by atoms with Crippen molar-refractivity contribution < 1.29 is 26.7 Å². The number of fused-ring (bicyclic) bond motifs is 1. The molecule has 0 saturated carbocycles. The third-order valence-electron chi connectivity index (χ3n) is 6.11. The number of hydrogen-bond donors (Lipinski definition) is 1. The van der Waals surface area contributed by atoms with E-state index in [-0.39, 0.29) is 41.8 Å². The molecule has 1 aliphatic heterocycles. The summed E-state index contributed by atoms with van der Waals surface area (Å²) in [6.07, 6.45) is -4.93. The summed E-state index contributed by atoms with van der Waals surface area (Å²) in [4.78, 5) is 25.4. The highest BCUT2D eigenvalue weighted by Crippen LogP contribution is 2.34. The van der Waals surface area contributed by atoms with Gasteiger partial charge in [0.2, 0.25) is 0 Å². The molecule has 182 valence electrons. The summed E-state index contributed by atoms with van der Waals surface area (Å²) in [5.41, 5.74) is -4.21. The monoisotopic (exact) mass is 484 g/mol. The fraction of sp³-hybridized carbons (Fsp3) is 0.409. The number of alkyl halides is 4. The SMILES string of the molecule is C[C@@H](Nc1nn(C)c(=O)c2cc(=O)n(C3(C(F)F)CCOC3)cc12)c1cccc(C(F)F)c1F. The first kappa shape index (κ1) is 23.9. The maximum absolute atomic E-state index is 14.7. The van der Waals surface area contributed by atoms with Gasteiger partial charge in [-0.05, 0) is 6.92 Å². The number of nitrogens with zero attached hydrogens (tertiary/aromatic N) is 3. The van der Waals surface area contributed by atoms with E-state index in [0.717, 1.165) is 27.6 Å². The average molecular weight is 484 g/mol. The molecule has 0 aliphatic carbocycles. The van der Waals surface area contributed by atoms with E-state index < -0.39 is 46.9 Å². The first-order valence-corrected chi connectivity index (χ1v) is 10.4. The Morgan fingerprint density at radius 2 is 1.85 bits per heavy atom. The summed E-state index contributed by atoms with van der Waals surface area (Å²) in [7, 11) is 1.33. The minimum Gasteiger partial charge on any atom is -0.379 e. The Hall–Kier alpha value is -3.28. The molecule has 2 aromatic heterocycles. The van der Waals surface area contributed by atoms with Crippen LogP contribution in [0.1, 0.15) is 36.9 Å². The normalized spacial score (nSPS) is 19.3. The van der Waals surface area contributed by atoms with Gasteiger partial charge >= 0.3 is 0 Å². The predicted molar refractivity (Wildman–Crippen MR) is 114 cm³/mol. The third kappa shape index (κ3) is 3.85. The first-order chi connectivity index (χ1) is 16.1. The lowest BCUT2D eigenvalue weighted by molar-refractivity contribution is -0.00484. The lowest BCUT2D eigenvalue weighted by Crippen LogP contribution is -2.47. The number of anilines is 1. The zero-order valence-electron chi connectivity index (χ0n) is 18.2. The van der Waals surface area contributed by atoms with Crippen LogP contribution in [0.2, 0.25) is 0 Å². The molecule has 12 heteroatoms. The van der Waals surface area contributed by atoms with E-state index in [4.69, 9.17) is 4.74 Å². The Balaban J connectivity index is 1.87. The van der Waals surface area contributed by atoms with Gasteiger partial charge in [-0.15, -0.1) is 0 Å². The van der Waals surface area contributed by atoms with Crippen LogP contribution in [0.5, 0.6) is 0 Å². The molecule has 1 saturated heterocycles. The van der Waals surface area contributed by atoms with Crippen molar-refractivity contribution in [3.63, 3.8) is 0 Å². The number of halogens is 5. The summed E-state index contributed by atoms with van der Waals surface area (Å²) in [6.45, 7) is 1.14. The van der Waals surface area contributed by atoms with E-state index in [1.165, 1.54) is 26.1 Å². The van der Waals surface area contributed by atoms with E-state index in [1.807, 2.05) is 0 Å². The van der Waals surface area contributed by atoms with E-state index in [9.17, 15) is 31.5 Å². The summed E-state index contributed by atoms with van der Waals surface area (Å²) < 4.78 is 75.9. The lowest BCUT2D eigenvalue weighted by Gasteiger charge is -2.29. The zero-order valence-corrected chi connectivity index (χ0v) is 18.2. The zero-order chi connectivity index (χ0) is 24.8. The number of rotatable bonds is 6. The minimum absolute atomic E-state index is 0.0106. The van der Waals surface area contributed by atoms with Gasteiger partial charge in [0.1, 0.15) is 11.4 Å². The number of ether oxygens (including phenoxy) is 1. The van der Waals surface area contributed by atoms with E-state index in [1.54, 1.807) is 0 Å². The van der Waals surface area contributed by atoms with E-state index in [2.05, 4.69) is 10.4 Å². The molecular formula is C22H21F5N4O3. The van der Waals surface area contributed by atoms with E-state index in [0.29, 0.717) is 0 Å². The number of aromatic nitrogens is 3. The topological polar surface area (TPSA) is 78.2 Å². The highest BCUT2D eigenvalue weighted by atomic mass is 19.3. The van der Waals surface area contributed by atoms with Crippen LogP contribution in [0, 0.1) is 5.82 Å². The number of hydrogen-bond acceptors (Lipinski definition) is 5. The van der Waals surface area contributed by atoms with Crippen molar-refractivity contribution in [3.8, 4) is 0 Å². The second-order valence-electron chi connectivity index (χ2n) is 8.21. The highest BCUT2D eigenvalue weighted by Gasteiger charge is 2.46. The van der Waals surface area contributed by atoms with Gasteiger partial charge in [-0.25, -0.2) is 26.6 Å². The molecular weight excluding hydrogens is 463 g/mol. The van der Waals surface area contributed by atoms with Gasteiger partial charge in [0.05, 0.1) is 23.6 Å². The molecule has 3 heterocycles. The van der Waals surface area contributed by atoms with Crippen molar-refractivity contribution in [2.24, 2.45) is 7.05 Å². The third-order valence-corrected chi connectivity index (χ3v) is 6.11. The van der Waals surface area contributed by atoms with Gasteiger partial charge in [0, 0.05) is 43.3 Å². The largest absolute Gasteiger partial charge is 0.379 e. The molecule has 1 unspecified atom stereocenters. The minimum atomic E-state index is -3.02. The van der Waals surface area contributed by atoms with Crippen molar-refractivity contribution in [3.05, 3.63) is 68.1 Å². The summed E-state index contributed by atoms with van der Waals surface area (Å²) in [5.74, 6) is -1.10. The second-order valence-corrected chi connectivity index (χ2v) is 8.21. The van der Waals surface area contributed by atoms with E-state index >= 15 is 0 Å². The molecule has 2 atom stereocenters. The standard InChI is InChI=1S/C22H21F5N4O3/c1-11(12-4-3-5-13(17(12)23)18(24)25)28-19-15-9-31(22(21(26)27)6-7-34-10-22)16(32)8-14(15)20(33)30(2)29-19/h3-5,8-9,11,18,21H,6-7,10H2,1-2H3,(H,28,29)/t11-,22?/m1/s1. The fourth-order valence-corrected chi connectivity index (χ4v) is 4.17. The van der Waals surface area contributed by atoms with Crippen LogP contribution in [0.3, 0.4) is 0 Å². The molecule has 1 aromatic carbocycles. The van der Waals surface area contributed by atoms with Crippen molar-refractivity contribution in [1.29, 1.82) is 0 Å². The van der Waals surface area contributed by atoms with Crippen LogP contribution >= 0.6 is 0 Å². The van der Waals surface area contributed by atoms with Crippen LogP contribution in [0.15, 0.2) is 40.1 Å². The van der Waals surface area contributed by atoms with Gasteiger partial charge in [0.15, 0.2) is 5.82 Å². The predicted octanol–water partition coefficient (Wildman–Crippen LogP) is 3.73. The van der Waals surface area contributed by atoms with Crippen LogP contribution in [0.4, 0.5) is 27.8 Å². The van der Waals surface area contributed by atoms with Crippen molar-refractivity contribution >= 4 is 16.6 Å². The number of aryl methyl sites for hydroxylation is 1. The molecule has 4 rings (SSSR count). The molecule has 7 nitrogen and oxygen atoms in total. The molecule has 0 amide bonds. The number of benzene rings is 1. The fourth-order valence-electron chi connectivity index (χ4n) is 4.17. The van der Waals surface area contributed by atoms with Gasteiger partial charge in [-0.2, -0.15) is 5.10 Å². The van der Waals surface area contributed by atoms with Crippen LogP contribution in [0.25, 0.3) is 10.8 Å². The quantitative estimate of drug-likeness (QED) is 0.540. The van der Waals surface area contributed by atoms with Crippen LogP contribution in [-0.4, -0.2) is 34.0 Å². The van der Waals surface area contributed by atoms with Gasteiger partial charge in [-0.1, -0.05) is 18.2 Å². The molecule has 1 N–H and O–H groups in total. The Morgan fingerprint density at radius 3 is 2.47 bits per heavy atom. The maximum Gasteiger partial charge on any atom is 0.274 e. The average Bonchev–Trinajstić information content (AvgIpc) is 3.28. The van der Waals surface area contributed by atoms with Crippen molar-refractivity contribution in [2.75, 3.05) is 18.5 Å². The van der Waals surface area contributed by atoms with Gasteiger partial charge in [0.25, 0.3) is 24.0 Å². The number of pyridine rings is 1.